The molecule has 30 heavy (non-hydrogen) atoms. The third-order valence-electron chi connectivity index (χ3n) is 5.88. The van der Waals surface area contributed by atoms with Crippen LogP contribution in [-0.4, -0.2) is 48.2 Å². The van der Waals surface area contributed by atoms with Crippen molar-refractivity contribution in [2.75, 3.05) is 20.2 Å². The van der Waals surface area contributed by atoms with Crippen molar-refractivity contribution in [2.45, 2.75) is 44.8 Å². The normalized spacial score (nSPS) is 21.7. The lowest BCUT2D eigenvalue weighted by Crippen LogP contribution is -2.45. The van der Waals surface area contributed by atoms with Gasteiger partial charge in [-0.15, -0.1) is 0 Å². The molecule has 0 bridgehead atoms. The number of fused-ring (bicyclic) bond motifs is 1. The van der Waals surface area contributed by atoms with Gasteiger partial charge in [-0.05, 0) is 57.5 Å². The van der Waals surface area contributed by atoms with Gasteiger partial charge >= 0.3 is 0 Å². The number of piperidine rings is 1. The number of halogens is 1. The first-order chi connectivity index (χ1) is 14.5. The summed E-state index contributed by atoms with van der Waals surface area (Å²) in [4.78, 5) is 14.7. The van der Waals surface area contributed by atoms with E-state index < -0.39 is 6.10 Å². The molecular formula is C24H26FN2O3. The van der Waals surface area contributed by atoms with Gasteiger partial charge in [-0.3, -0.25) is 9.69 Å². The maximum absolute atomic E-state index is 13.5. The molecule has 0 N–H and O–H groups in total. The van der Waals surface area contributed by atoms with Gasteiger partial charge in [0, 0.05) is 30.6 Å². The zero-order chi connectivity index (χ0) is 21.3. The Balaban J connectivity index is 1.54. The van der Waals surface area contributed by atoms with Gasteiger partial charge in [-0.25, -0.2) is 4.39 Å². The maximum Gasteiger partial charge on any atom is 0.196 e. The highest BCUT2D eigenvalue weighted by Crippen LogP contribution is 2.35. The van der Waals surface area contributed by atoms with Gasteiger partial charge in [0.05, 0.1) is 11.7 Å². The van der Waals surface area contributed by atoms with E-state index in [0.29, 0.717) is 5.58 Å². The molecule has 1 aromatic heterocycles. The van der Waals surface area contributed by atoms with Gasteiger partial charge in [0.25, 0.3) is 0 Å². The molecule has 1 aliphatic carbocycles. The molecule has 2 aliphatic rings. The SMILES string of the molecule is COC1C(=O)[C]=CC=C1C(C=C(C)C)N1CCC(c2noc3cc(F)ccc23)CC1. The smallest absolute Gasteiger partial charge is 0.196 e. The van der Waals surface area contributed by atoms with Crippen LogP contribution in [0.25, 0.3) is 11.0 Å². The molecule has 2 aromatic rings. The number of aromatic nitrogens is 1. The highest BCUT2D eigenvalue weighted by atomic mass is 19.1. The van der Waals surface area contributed by atoms with Gasteiger partial charge < -0.3 is 9.26 Å². The number of nitrogens with zero attached hydrogens (tertiary/aromatic N) is 2. The van der Waals surface area contributed by atoms with Crippen LogP contribution in [0.5, 0.6) is 0 Å². The van der Waals surface area contributed by atoms with E-state index in [4.69, 9.17) is 9.26 Å². The molecule has 1 fully saturated rings. The minimum absolute atomic E-state index is 0.00801. The summed E-state index contributed by atoms with van der Waals surface area (Å²) in [7, 11) is 1.56. The van der Waals surface area contributed by atoms with Gasteiger partial charge in [0.15, 0.2) is 11.4 Å². The first kappa shape index (κ1) is 20.7. The number of benzene rings is 1. The molecule has 1 radical (unpaired) electrons. The van der Waals surface area contributed by atoms with E-state index in [1.165, 1.54) is 17.7 Å². The third-order valence-corrected chi connectivity index (χ3v) is 5.88. The number of ether oxygens (including phenoxy) is 1. The number of ketones is 1. The van der Waals surface area contributed by atoms with Crippen molar-refractivity contribution in [3.05, 3.63) is 65.2 Å². The van der Waals surface area contributed by atoms with Crippen LogP contribution in [0, 0.1) is 11.9 Å². The van der Waals surface area contributed by atoms with Crippen LogP contribution >= 0.6 is 0 Å². The summed E-state index contributed by atoms with van der Waals surface area (Å²) < 4.78 is 24.3. The average molecular weight is 409 g/mol. The van der Waals surface area contributed by atoms with E-state index in [2.05, 4.69) is 36.1 Å². The Kier molecular flexibility index (Phi) is 5.97. The largest absolute Gasteiger partial charge is 0.369 e. The Hall–Kier alpha value is -2.57. The van der Waals surface area contributed by atoms with E-state index in [9.17, 15) is 9.18 Å². The van der Waals surface area contributed by atoms with Crippen molar-refractivity contribution in [3.8, 4) is 0 Å². The zero-order valence-electron chi connectivity index (χ0n) is 17.5. The van der Waals surface area contributed by atoms with Crippen molar-refractivity contribution >= 4 is 16.8 Å². The fourth-order valence-corrected chi connectivity index (χ4v) is 4.44. The predicted molar refractivity (Wildman–Crippen MR) is 112 cm³/mol. The number of hydrogen-bond acceptors (Lipinski definition) is 5. The second-order valence-corrected chi connectivity index (χ2v) is 8.17. The first-order valence-electron chi connectivity index (χ1n) is 10.3. The summed E-state index contributed by atoms with van der Waals surface area (Å²) in [6.45, 7) is 5.83. The Labute approximate surface area is 175 Å². The van der Waals surface area contributed by atoms with E-state index >= 15 is 0 Å². The van der Waals surface area contributed by atoms with E-state index in [0.717, 1.165) is 42.6 Å². The molecule has 0 saturated carbocycles. The predicted octanol–water partition coefficient (Wildman–Crippen LogP) is 4.36. The molecule has 2 atom stereocenters. The molecule has 0 spiro atoms. The number of rotatable bonds is 5. The van der Waals surface area contributed by atoms with Gasteiger partial charge in [0.1, 0.15) is 11.9 Å². The number of allylic oxidation sites excluding steroid dienone is 3. The van der Waals surface area contributed by atoms with Crippen molar-refractivity contribution in [3.63, 3.8) is 0 Å². The van der Waals surface area contributed by atoms with Crippen molar-refractivity contribution in [1.29, 1.82) is 0 Å². The Bertz CT molecular complexity index is 1020. The topological polar surface area (TPSA) is 55.6 Å². The molecule has 6 heteroatoms. The highest BCUT2D eigenvalue weighted by molar-refractivity contribution is 5.94. The lowest BCUT2D eigenvalue weighted by atomic mass is 9.87. The molecule has 157 valence electrons. The van der Waals surface area contributed by atoms with Crippen LogP contribution in [0.1, 0.15) is 38.3 Å². The Morgan fingerprint density at radius 3 is 2.83 bits per heavy atom. The summed E-state index contributed by atoms with van der Waals surface area (Å²) in [6.07, 6.45) is 9.78. The summed E-state index contributed by atoms with van der Waals surface area (Å²) in [5.74, 6) is -0.203. The second-order valence-electron chi connectivity index (χ2n) is 8.17. The van der Waals surface area contributed by atoms with Gasteiger partial charge in [-0.2, -0.15) is 0 Å². The molecule has 2 unspecified atom stereocenters. The standard InChI is InChI=1S/C24H26FN2O3/c1-15(2)13-20(18-5-4-6-21(28)24(18)29-3)27-11-9-16(10-12-27)23-19-8-7-17(25)14-22(19)30-26-23/h4-5,7-8,13-14,16,20,24H,9-12H2,1-3H3. The molecule has 2 heterocycles. The fourth-order valence-electron chi connectivity index (χ4n) is 4.44. The molecule has 4 rings (SSSR count). The van der Waals surface area contributed by atoms with Crippen LogP contribution in [0.3, 0.4) is 0 Å². The average Bonchev–Trinajstić information content (AvgIpc) is 3.15. The lowest BCUT2D eigenvalue weighted by molar-refractivity contribution is -0.123. The quantitative estimate of drug-likeness (QED) is 0.687. The summed E-state index contributed by atoms with van der Waals surface area (Å²) in [6, 6.07) is 4.57. The van der Waals surface area contributed by atoms with Crippen molar-refractivity contribution in [1.82, 2.24) is 10.1 Å². The van der Waals surface area contributed by atoms with E-state index in [-0.39, 0.29) is 23.6 Å². The molecule has 0 amide bonds. The number of Topliss-reactive ketones (excluding diaryl/α,β-unsaturated/α-hetero) is 1. The van der Waals surface area contributed by atoms with Crippen LogP contribution in [-0.2, 0) is 9.53 Å². The fraction of sp³-hybridized carbons (Fsp3) is 0.417. The molecule has 1 aliphatic heterocycles. The summed E-state index contributed by atoms with van der Waals surface area (Å²) in [5, 5.41) is 5.13. The number of carbonyl (C=O) groups excluding carboxylic acids is 1. The Morgan fingerprint density at radius 2 is 2.13 bits per heavy atom. The number of carbonyl (C=O) groups is 1. The monoisotopic (exact) mass is 409 g/mol. The molecule has 1 saturated heterocycles. The number of likely N-dealkylation sites (tertiary alicyclic amines) is 1. The Morgan fingerprint density at radius 1 is 1.37 bits per heavy atom. The van der Waals surface area contributed by atoms with E-state index in [1.54, 1.807) is 19.3 Å². The van der Waals surface area contributed by atoms with Crippen LogP contribution in [0.2, 0.25) is 0 Å². The van der Waals surface area contributed by atoms with Gasteiger partial charge in [-0.1, -0.05) is 29.0 Å². The maximum atomic E-state index is 13.5. The van der Waals surface area contributed by atoms with Crippen LogP contribution < -0.4 is 0 Å². The number of methoxy groups -OCH3 is 1. The van der Waals surface area contributed by atoms with Crippen LogP contribution in [0.4, 0.5) is 4.39 Å². The molecule has 5 nitrogen and oxygen atoms in total. The summed E-state index contributed by atoms with van der Waals surface area (Å²) in [5.41, 5.74) is 3.53. The first-order valence-corrected chi connectivity index (χ1v) is 10.3. The summed E-state index contributed by atoms with van der Waals surface area (Å²) >= 11 is 0. The van der Waals surface area contributed by atoms with Crippen molar-refractivity contribution in [2.24, 2.45) is 0 Å². The van der Waals surface area contributed by atoms with Gasteiger partial charge in [0.2, 0.25) is 0 Å². The lowest BCUT2D eigenvalue weighted by Gasteiger charge is -2.39. The third kappa shape index (κ3) is 4.02. The van der Waals surface area contributed by atoms with Crippen LogP contribution in [0.15, 0.2) is 52.1 Å². The van der Waals surface area contributed by atoms with Crippen molar-refractivity contribution < 1.29 is 18.4 Å². The molecule has 1 aromatic carbocycles. The zero-order valence-corrected chi connectivity index (χ0v) is 17.5. The van der Waals surface area contributed by atoms with E-state index in [1.807, 2.05) is 6.08 Å². The number of hydrogen-bond donors (Lipinski definition) is 0. The second kappa shape index (κ2) is 8.66. The minimum atomic E-state index is -0.595. The highest BCUT2D eigenvalue weighted by Gasteiger charge is 2.34. The minimum Gasteiger partial charge on any atom is -0.369 e. The molecular weight excluding hydrogens is 383 g/mol.